The van der Waals surface area contributed by atoms with Crippen LogP contribution >= 0.6 is 27.5 Å². The standard InChI is InChI=1S/C20H19BrClN3O2/c1-12-4-7-16(8-5-12)25-14(3)20(13(2)24-25)23-19(26)11-27-18-9-6-15(21)10-17(18)22/h4-10H,11H2,1-3H3,(H,23,26). The molecule has 27 heavy (non-hydrogen) atoms. The van der Waals surface area contributed by atoms with Gasteiger partial charge in [-0.3, -0.25) is 4.79 Å². The fraction of sp³-hybridized carbons (Fsp3) is 0.200. The Morgan fingerprint density at radius 2 is 1.89 bits per heavy atom. The molecule has 0 saturated heterocycles. The summed E-state index contributed by atoms with van der Waals surface area (Å²) in [4.78, 5) is 12.3. The molecule has 1 heterocycles. The van der Waals surface area contributed by atoms with Crippen molar-refractivity contribution in [1.82, 2.24) is 9.78 Å². The fourth-order valence-corrected chi connectivity index (χ4v) is 3.40. The molecule has 0 atom stereocenters. The lowest BCUT2D eigenvalue weighted by atomic mass is 10.2. The van der Waals surface area contributed by atoms with Gasteiger partial charge in [0.05, 0.1) is 27.8 Å². The van der Waals surface area contributed by atoms with E-state index in [9.17, 15) is 4.79 Å². The average Bonchev–Trinajstić information content (AvgIpc) is 2.90. The molecule has 0 spiro atoms. The van der Waals surface area contributed by atoms with Crippen LogP contribution in [-0.2, 0) is 4.79 Å². The maximum Gasteiger partial charge on any atom is 0.262 e. The van der Waals surface area contributed by atoms with Gasteiger partial charge in [-0.2, -0.15) is 5.10 Å². The minimum atomic E-state index is -0.274. The zero-order chi connectivity index (χ0) is 19.6. The smallest absolute Gasteiger partial charge is 0.262 e. The van der Waals surface area contributed by atoms with Gasteiger partial charge in [-0.25, -0.2) is 4.68 Å². The van der Waals surface area contributed by atoms with E-state index in [1.165, 1.54) is 5.56 Å². The number of ether oxygens (including phenoxy) is 1. The Morgan fingerprint density at radius 1 is 1.19 bits per heavy atom. The summed E-state index contributed by atoms with van der Waals surface area (Å²) in [5, 5.41) is 7.86. The number of carbonyl (C=O) groups is 1. The zero-order valence-electron chi connectivity index (χ0n) is 15.2. The summed E-state index contributed by atoms with van der Waals surface area (Å²) < 4.78 is 8.18. The van der Waals surface area contributed by atoms with Crippen LogP contribution in [-0.4, -0.2) is 22.3 Å². The van der Waals surface area contributed by atoms with E-state index in [0.29, 0.717) is 16.5 Å². The van der Waals surface area contributed by atoms with Crippen molar-refractivity contribution in [1.29, 1.82) is 0 Å². The van der Waals surface area contributed by atoms with Crippen molar-refractivity contribution in [2.75, 3.05) is 11.9 Å². The van der Waals surface area contributed by atoms with Gasteiger partial charge in [0.2, 0.25) is 0 Å². The van der Waals surface area contributed by atoms with E-state index in [1.54, 1.807) is 18.2 Å². The highest BCUT2D eigenvalue weighted by molar-refractivity contribution is 9.10. The summed E-state index contributed by atoms with van der Waals surface area (Å²) in [5.74, 6) is 0.183. The van der Waals surface area contributed by atoms with Crippen molar-refractivity contribution in [3.05, 3.63) is 68.9 Å². The first-order chi connectivity index (χ1) is 12.8. The number of nitrogens with zero attached hydrogens (tertiary/aromatic N) is 2. The SMILES string of the molecule is Cc1ccc(-n2nc(C)c(NC(=O)COc3ccc(Br)cc3Cl)c2C)cc1. The second-order valence-corrected chi connectivity index (χ2v) is 7.53. The van der Waals surface area contributed by atoms with Gasteiger partial charge in [0.25, 0.3) is 5.91 Å². The molecule has 1 amide bonds. The summed E-state index contributed by atoms with van der Waals surface area (Å²) in [6, 6.07) is 13.3. The Morgan fingerprint density at radius 3 is 2.56 bits per heavy atom. The normalized spacial score (nSPS) is 10.7. The van der Waals surface area contributed by atoms with Crippen LogP contribution in [0.1, 0.15) is 17.0 Å². The number of aromatic nitrogens is 2. The number of carbonyl (C=O) groups excluding carboxylic acids is 1. The fourth-order valence-electron chi connectivity index (χ4n) is 2.67. The molecule has 0 saturated carbocycles. The largest absolute Gasteiger partial charge is 0.482 e. The number of aryl methyl sites for hydroxylation is 2. The molecular weight excluding hydrogens is 430 g/mol. The van der Waals surface area contributed by atoms with E-state index in [0.717, 1.165) is 21.5 Å². The van der Waals surface area contributed by atoms with Crippen molar-refractivity contribution in [2.45, 2.75) is 20.8 Å². The van der Waals surface area contributed by atoms with Crippen LogP contribution in [0.5, 0.6) is 5.75 Å². The Hall–Kier alpha value is -2.31. The maximum absolute atomic E-state index is 12.3. The van der Waals surface area contributed by atoms with Gasteiger partial charge in [-0.05, 0) is 51.1 Å². The van der Waals surface area contributed by atoms with Gasteiger partial charge in [0.1, 0.15) is 5.75 Å². The second-order valence-electron chi connectivity index (χ2n) is 6.20. The van der Waals surface area contributed by atoms with E-state index in [-0.39, 0.29) is 12.5 Å². The molecule has 1 N–H and O–H groups in total. The number of amides is 1. The summed E-state index contributed by atoms with van der Waals surface area (Å²) in [6.45, 7) is 5.67. The van der Waals surface area contributed by atoms with Gasteiger partial charge >= 0.3 is 0 Å². The van der Waals surface area contributed by atoms with E-state index >= 15 is 0 Å². The van der Waals surface area contributed by atoms with Crippen molar-refractivity contribution in [2.24, 2.45) is 0 Å². The zero-order valence-corrected chi connectivity index (χ0v) is 17.6. The molecule has 3 aromatic rings. The molecule has 2 aromatic carbocycles. The number of anilines is 1. The van der Waals surface area contributed by atoms with Crippen LogP contribution in [0.25, 0.3) is 5.69 Å². The highest BCUT2D eigenvalue weighted by Gasteiger charge is 2.16. The van der Waals surface area contributed by atoms with Crippen LogP contribution in [0, 0.1) is 20.8 Å². The lowest BCUT2D eigenvalue weighted by Crippen LogP contribution is -2.21. The van der Waals surface area contributed by atoms with Gasteiger partial charge in [0.15, 0.2) is 6.61 Å². The summed E-state index contributed by atoms with van der Waals surface area (Å²) in [6.07, 6.45) is 0. The third-order valence-corrected chi connectivity index (χ3v) is 4.88. The molecule has 0 radical (unpaired) electrons. The number of hydrogen-bond donors (Lipinski definition) is 1. The van der Waals surface area contributed by atoms with Crippen molar-refractivity contribution in [3.63, 3.8) is 0 Å². The Balaban J connectivity index is 1.71. The van der Waals surface area contributed by atoms with Gasteiger partial charge in [-0.15, -0.1) is 0 Å². The summed E-state index contributed by atoms with van der Waals surface area (Å²) >= 11 is 9.44. The molecule has 3 rings (SSSR count). The van der Waals surface area contributed by atoms with Crippen molar-refractivity contribution in [3.8, 4) is 11.4 Å². The minimum Gasteiger partial charge on any atom is -0.482 e. The van der Waals surface area contributed by atoms with Crippen LogP contribution < -0.4 is 10.1 Å². The van der Waals surface area contributed by atoms with Gasteiger partial charge in [-0.1, -0.05) is 45.2 Å². The number of benzene rings is 2. The average molecular weight is 449 g/mol. The summed E-state index contributed by atoms with van der Waals surface area (Å²) in [7, 11) is 0. The highest BCUT2D eigenvalue weighted by atomic mass is 79.9. The van der Waals surface area contributed by atoms with Crippen molar-refractivity contribution < 1.29 is 9.53 Å². The minimum absolute atomic E-state index is 0.143. The lowest BCUT2D eigenvalue weighted by Gasteiger charge is -2.10. The summed E-state index contributed by atoms with van der Waals surface area (Å²) in [5.41, 5.74) is 4.40. The van der Waals surface area contributed by atoms with Crippen LogP contribution in [0.15, 0.2) is 46.9 Å². The molecule has 0 aliphatic rings. The van der Waals surface area contributed by atoms with Crippen LogP contribution in [0.2, 0.25) is 5.02 Å². The van der Waals surface area contributed by atoms with E-state index < -0.39 is 0 Å². The first kappa shape index (κ1) is 19.5. The Labute approximate surface area is 171 Å². The maximum atomic E-state index is 12.3. The van der Waals surface area contributed by atoms with Crippen molar-refractivity contribution >= 4 is 39.1 Å². The first-order valence-corrected chi connectivity index (χ1v) is 9.53. The van der Waals surface area contributed by atoms with E-state index in [4.69, 9.17) is 16.3 Å². The molecule has 0 aliphatic carbocycles. The third-order valence-electron chi connectivity index (χ3n) is 4.09. The molecule has 140 valence electrons. The predicted molar refractivity (Wildman–Crippen MR) is 111 cm³/mol. The number of halogens is 2. The van der Waals surface area contributed by atoms with E-state index in [1.807, 2.05) is 49.7 Å². The Kier molecular flexibility index (Phi) is 5.87. The monoisotopic (exact) mass is 447 g/mol. The molecule has 0 unspecified atom stereocenters. The molecule has 1 aromatic heterocycles. The molecular formula is C20H19BrClN3O2. The second kappa shape index (κ2) is 8.15. The van der Waals surface area contributed by atoms with Crippen LogP contribution in [0.3, 0.4) is 0 Å². The highest BCUT2D eigenvalue weighted by Crippen LogP contribution is 2.28. The molecule has 7 heteroatoms. The van der Waals surface area contributed by atoms with Gasteiger partial charge in [0, 0.05) is 4.47 Å². The molecule has 0 bridgehead atoms. The number of hydrogen-bond acceptors (Lipinski definition) is 3. The topological polar surface area (TPSA) is 56.2 Å². The Bertz CT molecular complexity index is 984. The molecule has 5 nitrogen and oxygen atoms in total. The van der Waals surface area contributed by atoms with Gasteiger partial charge < -0.3 is 10.1 Å². The first-order valence-electron chi connectivity index (χ1n) is 8.36. The predicted octanol–water partition coefficient (Wildman–Crippen LogP) is 5.23. The van der Waals surface area contributed by atoms with E-state index in [2.05, 4.69) is 26.3 Å². The van der Waals surface area contributed by atoms with Crippen LogP contribution in [0.4, 0.5) is 5.69 Å². The lowest BCUT2D eigenvalue weighted by molar-refractivity contribution is -0.118. The third kappa shape index (κ3) is 4.51. The molecule has 0 fully saturated rings. The number of rotatable bonds is 5. The number of nitrogens with one attached hydrogen (secondary N) is 1. The molecule has 0 aliphatic heterocycles. The quantitative estimate of drug-likeness (QED) is 0.581.